The molecule has 0 N–H and O–H groups in total. The molecule has 3 rings (SSSR count). The van der Waals surface area contributed by atoms with E-state index >= 15 is 0 Å². The molecule has 6 heteroatoms. The number of nitrogens with zero attached hydrogens (tertiary/aromatic N) is 2. The Morgan fingerprint density at radius 2 is 1.50 bits per heavy atom. The summed E-state index contributed by atoms with van der Waals surface area (Å²) < 4.78 is 27.9. The molecule has 2 aliphatic rings. The predicted octanol–water partition coefficient (Wildman–Crippen LogP) is 3.09. The van der Waals surface area contributed by atoms with Crippen LogP contribution in [0.25, 0.3) is 0 Å². The second-order valence-electron chi connectivity index (χ2n) is 6.19. The van der Waals surface area contributed by atoms with Crippen LogP contribution in [-0.2, 0) is 10.0 Å². The summed E-state index contributed by atoms with van der Waals surface area (Å²) in [6, 6.07) is 7.59. The first-order valence-corrected chi connectivity index (χ1v) is 10.3. The highest BCUT2D eigenvalue weighted by atomic mass is 79.9. The second kappa shape index (κ2) is 6.99. The monoisotopic (exact) mass is 386 g/mol. The molecule has 22 heavy (non-hydrogen) atoms. The highest BCUT2D eigenvalue weighted by Crippen LogP contribution is 2.25. The minimum atomic E-state index is -3.35. The van der Waals surface area contributed by atoms with Crippen molar-refractivity contribution >= 4 is 26.0 Å². The lowest BCUT2D eigenvalue weighted by atomic mass is 9.94. The molecule has 0 atom stereocenters. The molecule has 122 valence electrons. The first-order valence-electron chi connectivity index (χ1n) is 8.07. The van der Waals surface area contributed by atoms with Gasteiger partial charge in [-0.25, -0.2) is 8.42 Å². The molecule has 0 radical (unpaired) electrons. The molecule has 1 heterocycles. The summed E-state index contributed by atoms with van der Waals surface area (Å²) in [4.78, 5) is 2.88. The SMILES string of the molecule is O=S(=O)(c1ccc(Br)cc1)N1CCN(C2CCCCC2)CC1. The molecular weight excluding hydrogens is 364 g/mol. The van der Waals surface area contributed by atoms with Crippen LogP contribution in [0.1, 0.15) is 32.1 Å². The van der Waals surface area contributed by atoms with Crippen LogP contribution in [0, 0.1) is 0 Å². The first kappa shape index (κ1) is 16.4. The third-order valence-corrected chi connectivity index (χ3v) is 7.26. The number of sulfonamides is 1. The number of rotatable bonds is 3. The van der Waals surface area contributed by atoms with E-state index < -0.39 is 10.0 Å². The quantitative estimate of drug-likeness (QED) is 0.801. The van der Waals surface area contributed by atoms with E-state index in [0.717, 1.165) is 17.6 Å². The van der Waals surface area contributed by atoms with Gasteiger partial charge in [-0.2, -0.15) is 4.31 Å². The van der Waals surface area contributed by atoms with Gasteiger partial charge in [-0.05, 0) is 37.1 Å². The fourth-order valence-electron chi connectivity index (χ4n) is 3.51. The Bertz CT molecular complexity index is 589. The number of hydrogen-bond donors (Lipinski definition) is 0. The number of benzene rings is 1. The second-order valence-corrected chi connectivity index (χ2v) is 9.04. The first-order chi connectivity index (χ1) is 10.6. The average molecular weight is 387 g/mol. The molecule has 2 fully saturated rings. The fraction of sp³-hybridized carbons (Fsp3) is 0.625. The van der Waals surface area contributed by atoms with Crippen molar-refractivity contribution in [3.05, 3.63) is 28.7 Å². The Morgan fingerprint density at radius 3 is 2.09 bits per heavy atom. The van der Waals surface area contributed by atoms with E-state index in [9.17, 15) is 8.42 Å². The minimum Gasteiger partial charge on any atom is -0.298 e. The van der Waals surface area contributed by atoms with Crippen LogP contribution in [-0.4, -0.2) is 49.8 Å². The molecule has 1 aromatic carbocycles. The molecule has 1 aliphatic carbocycles. The Labute approximate surface area is 141 Å². The van der Waals surface area contributed by atoms with E-state index in [-0.39, 0.29) is 0 Å². The van der Waals surface area contributed by atoms with Crippen molar-refractivity contribution in [2.24, 2.45) is 0 Å². The van der Waals surface area contributed by atoms with Gasteiger partial charge >= 0.3 is 0 Å². The molecule has 0 spiro atoms. The standard InChI is InChI=1S/C16H23BrN2O2S/c17-14-6-8-16(9-7-14)22(20,21)19-12-10-18(11-13-19)15-4-2-1-3-5-15/h6-9,15H,1-5,10-13H2. The normalized spacial score (nSPS) is 22.8. The highest BCUT2D eigenvalue weighted by molar-refractivity contribution is 9.10. The zero-order valence-electron chi connectivity index (χ0n) is 12.7. The summed E-state index contributed by atoms with van der Waals surface area (Å²) in [5, 5.41) is 0. The van der Waals surface area contributed by atoms with Gasteiger partial charge in [0.1, 0.15) is 0 Å². The Kier molecular flexibility index (Phi) is 5.22. The van der Waals surface area contributed by atoms with Gasteiger partial charge in [-0.15, -0.1) is 0 Å². The molecule has 0 bridgehead atoms. The minimum absolute atomic E-state index is 0.391. The van der Waals surface area contributed by atoms with Crippen molar-refractivity contribution in [3.63, 3.8) is 0 Å². The van der Waals surface area contributed by atoms with Gasteiger partial charge < -0.3 is 0 Å². The van der Waals surface area contributed by atoms with Crippen LogP contribution in [0.3, 0.4) is 0 Å². The van der Waals surface area contributed by atoms with Crippen LogP contribution in [0.4, 0.5) is 0 Å². The fourth-order valence-corrected chi connectivity index (χ4v) is 5.20. The summed E-state index contributed by atoms with van der Waals surface area (Å²) in [6.45, 7) is 2.94. The number of piperazine rings is 1. The lowest BCUT2D eigenvalue weighted by Gasteiger charge is -2.40. The van der Waals surface area contributed by atoms with Crippen molar-refractivity contribution in [2.45, 2.75) is 43.0 Å². The Hall–Kier alpha value is -0.430. The van der Waals surface area contributed by atoms with Gasteiger partial charge in [0.15, 0.2) is 0 Å². The van der Waals surface area contributed by atoms with Crippen molar-refractivity contribution in [1.29, 1.82) is 0 Å². The summed E-state index contributed by atoms with van der Waals surface area (Å²) in [6.07, 6.45) is 6.55. The van der Waals surface area contributed by atoms with E-state index in [2.05, 4.69) is 20.8 Å². The maximum atomic E-state index is 12.7. The van der Waals surface area contributed by atoms with Crippen molar-refractivity contribution in [2.75, 3.05) is 26.2 Å². The summed E-state index contributed by atoms with van der Waals surface area (Å²) in [5.74, 6) is 0. The molecule has 1 saturated heterocycles. The topological polar surface area (TPSA) is 40.6 Å². The zero-order chi connectivity index (χ0) is 15.6. The number of halogens is 1. The van der Waals surface area contributed by atoms with Crippen molar-refractivity contribution < 1.29 is 8.42 Å². The zero-order valence-corrected chi connectivity index (χ0v) is 15.2. The van der Waals surface area contributed by atoms with E-state index in [1.807, 2.05) is 0 Å². The third-order valence-electron chi connectivity index (χ3n) is 4.82. The predicted molar refractivity (Wildman–Crippen MR) is 91.3 cm³/mol. The van der Waals surface area contributed by atoms with Crippen LogP contribution in [0.2, 0.25) is 0 Å². The van der Waals surface area contributed by atoms with Crippen LogP contribution in [0.5, 0.6) is 0 Å². The Morgan fingerprint density at radius 1 is 0.909 bits per heavy atom. The van der Waals surface area contributed by atoms with E-state index in [4.69, 9.17) is 0 Å². The highest BCUT2D eigenvalue weighted by Gasteiger charge is 2.31. The molecule has 1 aromatic rings. The largest absolute Gasteiger partial charge is 0.298 e. The molecule has 1 saturated carbocycles. The van der Waals surface area contributed by atoms with E-state index in [1.165, 1.54) is 32.1 Å². The summed E-state index contributed by atoms with van der Waals surface area (Å²) in [5.41, 5.74) is 0. The molecule has 1 aliphatic heterocycles. The van der Waals surface area contributed by atoms with Gasteiger partial charge in [0.05, 0.1) is 4.90 Å². The van der Waals surface area contributed by atoms with Crippen LogP contribution in [0.15, 0.2) is 33.6 Å². The van der Waals surface area contributed by atoms with E-state index in [0.29, 0.717) is 24.0 Å². The van der Waals surface area contributed by atoms with Crippen molar-refractivity contribution in [1.82, 2.24) is 9.21 Å². The molecule has 0 amide bonds. The average Bonchev–Trinajstić information content (AvgIpc) is 2.56. The van der Waals surface area contributed by atoms with Crippen LogP contribution < -0.4 is 0 Å². The summed E-state index contributed by atoms with van der Waals surface area (Å²) in [7, 11) is -3.35. The van der Waals surface area contributed by atoms with Crippen LogP contribution >= 0.6 is 15.9 Å². The lowest BCUT2D eigenvalue weighted by molar-refractivity contribution is 0.111. The molecule has 4 nitrogen and oxygen atoms in total. The Balaban J connectivity index is 1.63. The smallest absolute Gasteiger partial charge is 0.243 e. The third kappa shape index (κ3) is 3.55. The molecule has 0 aromatic heterocycles. The van der Waals surface area contributed by atoms with Gasteiger partial charge in [0.2, 0.25) is 10.0 Å². The van der Waals surface area contributed by atoms with Gasteiger partial charge in [-0.1, -0.05) is 35.2 Å². The number of hydrogen-bond acceptors (Lipinski definition) is 3. The lowest BCUT2D eigenvalue weighted by Crippen LogP contribution is -2.52. The van der Waals surface area contributed by atoms with Gasteiger partial charge in [-0.3, -0.25) is 4.90 Å². The maximum Gasteiger partial charge on any atom is 0.243 e. The van der Waals surface area contributed by atoms with Crippen molar-refractivity contribution in [3.8, 4) is 0 Å². The van der Waals surface area contributed by atoms with Gasteiger partial charge in [0.25, 0.3) is 0 Å². The van der Waals surface area contributed by atoms with Gasteiger partial charge in [0, 0.05) is 36.7 Å². The van der Waals surface area contributed by atoms with E-state index in [1.54, 1.807) is 28.6 Å². The summed E-state index contributed by atoms with van der Waals surface area (Å²) >= 11 is 3.35. The molecule has 0 unspecified atom stereocenters. The maximum absolute atomic E-state index is 12.7. The molecular formula is C16H23BrN2O2S.